The van der Waals surface area contributed by atoms with Crippen LogP contribution in [0.4, 0.5) is 0 Å². The van der Waals surface area contributed by atoms with Gasteiger partial charge >= 0.3 is 0 Å². The maximum Gasteiger partial charge on any atom is 0.159 e. The number of likely N-dealkylation sites (tertiary alicyclic amines) is 1. The smallest absolute Gasteiger partial charge is 0.159 e. The average molecular weight is 397 g/mol. The molecule has 0 N–H and O–H groups in total. The highest BCUT2D eigenvalue weighted by molar-refractivity contribution is 5.96. The van der Waals surface area contributed by atoms with Crippen molar-refractivity contribution in [2.75, 3.05) is 13.1 Å². The van der Waals surface area contributed by atoms with E-state index in [9.17, 15) is 4.79 Å². The molecule has 1 aromatic heterocycles. The van der Waals surface area contributed by atoms with E-state index in [1.165, 1.54) is 47.9 Å². The standard InChI is InChI=1S/C27H28N2O/c1-19(30)20-13-15-21(16-14-20)27-26-23(22-9-5-6-11-24(22)28-27)10-3-2-4-12-25(26)29-17-7-8-18-29/h5-6,9,11-16H,2-4,7-8,10,17-18H2,1H3/b25-12+. The number of allylic oxidation sites excluding steroid dienone is 1. The molecule has 0 atom stereocenters. The van der Waals surface area contributed by atoms with Crippen molar-refractivity contribution in [2.45, 2.75) is 45.4 Å². The fourth-order valence-corrected chi connectivity index (χ4v) is 4.92. The minimum Gasteiger partial charge on any atom is -0.371 e. The van der Waals surface area contributed by atoms with Crippen molar-refractivity contribution >= 4 is 22.4 Å². The van der Waals surface area contributed by atoms with Crippen LogP contribution in [0, 0.1) is 0 Å². The highest BCUT2D eigenvalue weighted by Crippen LogP contribution is 2.39. The largest absolute Gasteiger partial charge is 0.371 e. The van der Waals surface area contributed by atoms with E-state index in [2.05, 4.69) is 47.4 Å². The highest BCUT2D eigenvalue weighted by Gasteiger charge is 2.25. The van der Waals surface area contributed by atoms with Crippen molar-refractivity contribution in [3.05, 3.63) is 71.3 Å². The lowest BCUT2D eigenvalue weighted by Crippen LogP contribution is -2.20. The first-order chi connectivity index (χ1) is 14.7. The fraction of sp³-hybridized carbons (Fsp3) is 0.333. The number of nitrogens with zero attached hydrogens (tertiary/aromatic N) is 2. The third-order valence-corrected chi connectivity index (χ3v) is 6.49. The summed E-state index contributed by atoms with van der Waals surface area (Å²) in [6.07, 6.45) is 9.62. The molecular weight excluding hydrogens is 368 g/mol. The Hall–Kier alpha value is -2.94. The lowest BCUT2D eigenvalue weighted by atomic mass is 9.88. The van der Waals surface area contributed by atoms with Gasteiger partial charge < -0.3 is 4.90 Å². The molecule has 1 fully saturated rings. The van der Waals surface area contributed by atoms with Gasteiger partial charge in [-0.25, -0.2) is 4.98 Å². The summed E-state index contributed by atoms with van der Waals surface area (Å²) >= 11 is 0. The summed E-state index contributed by atoms with van der Waals surface area (Å²) in [7, 11) is 0. The minimum absolute atomic E-state index is 0.0981. The molecule has 0 amide bonds. The third kappa shape index (κ3) is 3.43. The first-order valence-electron chi connectivity index (χ1n) is 11.2. The maximum absolute atomic E-state index is 11.8. The number of ketones is 1. The van der Waals surface area contributed by atoms with Crippen molar-refractivity contribution in [3.63, 3.8) is 0 Å². The normalized spacial score (nSPS) is 18.4. The molecule has 2 heterocycles. The Morgan fingerprint density at radius 3 is 2.47 bits per heavy atom. The minimum atomic E-state index is 0.0981. The number of rotatable bonds is 3. The lowest BCUT2D eigenvalue weighted by molar-refractivity contribution is 0.101. The van der Waals surface area contributed by atoms with Gasteiger partial charge in [0.2, 0.25) is 0 Å². The van der Waals surface area contributed by atoms with Gasteiger partial charge in [0.15, 0.2) is 5.78 Å². The Morgan fingerprint density at radius 1 is 0.933 bits per heavy atom. The van der Waals surface area contributed by atoms with Gasteiger partial charge in [0.05, 0.1) is 11.2 Å². The Balaban J connectivity index is 1.78. The van der Waals surface area contributed by atoms with Gasteiger partial charge in [-0.2, -0.15) is 0 Å². The number of aromatic nitrogens is 1. The van der Waals surface area contributed by atoms with E-state index in [0.717, 1.165) is 48.3 Å². The Labute approximate surface area is 178 Å². The predicted octanol–water partition coefficient (Wildman–Crippen LogP) is 6.27. The van der Waals surface area contributed by atoms with Gasteiger partial charge in [0.1, 0.15) is 0 Å². The first-order valence-corrected chi connectivity index (χ1v) is 11.2. The zero-order chi connectivity index (χ0) is 20.5. The molecular formula is C27H28N2O. The Morgan fingerprint density at radius 2 is 1.70 bits per heavy atom. The van der Waals surface area contributed by atoms with Crippen LogP contribution in [0.1, 0.15) is 60.5 Å². The summed E-state index contributed by atoms with van der Waals surface area (Å²) in [4.78, 5) is 19.5. The van der Waals surface area contributed by atoms with Crippen LogP contribution < -0.4 is 0 Å². The number of fused-ring (bicyclic) bond motifs is 3. The summed E-state index contributed by atoms with van der Waals surface area (Å²) in [5.74, 6) is 0.0981. The molecule has 0 saturated carbocycles. The molecule has 3 aromatic rings. The number of benzene rings is 2. The second-order valence-electron chi connectivity index (χ2n) is 8.49. The topological polar surface area (TPSA) is 33.2 Å². The van der Waals surface area contributed by atoms with E-state index < -0.39 is 0 Å². The fourth-order valence-electron chi connectivity index (χ4n) is 4.92. The average Bonchev–Trinajstić information content (AvgIpc) is 3.28. The zero-order valence-electron chi connectivity index (χ0n) is 17.7. The van der Waals surface area contributed by atoms with Crippen LogP contribution in [0.2, 0.25) is 0 Å². The Bertz CT molecular complexity index is 1120. The van der Waals surface area contributed by atoms with Crippen molar-refractivity contribution in [2.24, 2.45) is 0 Å². The number of hydrogen-bond acceptors (Lipinski definition) is 3. The van der Waals surface area contributed by atoms with Gasteiger partial charge in [-0.3, -0.25) is 4.79 Å². The number of pyridine rings is 1. The van der Waals surface area contributed by atoms with Gasteiger partial charge in [-0.05, 0) is 57.1 Å². The van der Waals surface area contributed by atoms with E-state index in [0.29, 0.717) is 0 Å². The van der Waals surface area contributed by atoms with E-state index in [1.54, 1.807) is 6.92 Å². The third-order valence-electron chi connectivity index (χ3n) is 6.49. The van der Waals surface area contributed by atoms with Crippen LogP contribution >= 0.6 is 0 Å². The van der Waals surface area contributed by atoms with Gasteiger partial charge in [-0.1, -0.05) is 48.5 Å². The summed E-state index contributed by atoms with van der Waals surface area (Å²) < 4.78 is 0. The summed E-state index contributed by atoms with van der Waals surface area (Å²) in [6.45, 7) is 3.87. The van der Waals surface area contributed by atoms with Gasteiger partial charge in [0.25, 0.3) is 0 Å². The zero-order valence-corrected chi connectivity index (χ0v) is 17.7. The van der Waals surface area contributed by atoms with E-state index in [1.807, 2.05) is 12.1 Å². The molecule has 0 spiro atoms. The van der Waals surface area contributed by atoms with Crippen molar-refractivity contribution in [1.29, 1.82) is 0 Å². The SMILES string of the molecule is CC(=O)c1ccc(-c2nc3ccccc3c3c2/C(N2CCCC2)=C\CCCC3)cc1. The molecule has 1 aliphatic heterocycles. The van der Waals surface area contributed by atoms with Crippen LogP contribution in [-0.2, 0) is 6.42 Å². The maximum atomic E-state index is 11.8. The Kier molecular flexibility index (Phi) is 5.12. The van der Waals surface area contributed by atoms with Crippen molar-refractivity contribution < 1.29 is 4.79 Å². The molecule has 2 aromatic carbocycles. The monoisotopic (exact) mass is 396 g/mol. The molecule has 0 radical (unpaired) electrons. The quantitative estimate of drug-likeness (QED) is 0.489. The van der Waals surface area contributed by atoms with Gasteiger partial charge in [-0.15, -0.1) is 0 Å². The molecule has 1 saturated heterocycles. The van der Waals surface area contributed by atoms with Gasteiger partial charge in [0, 0.05) is 40.9 Å². The molecule has 152 valence electrons. The predicted molar refractivity (Wildman–Crippen MR) is 124 cm³/mol. The molecule has 3 heteroatoms. The van der Waals surface area contributed by atoms with Crippen LogP contribution in [0.15, 0.2) is 54.6 Å². The molecule has 5 rings (SSSR count). The van der Waals surface area contributed by atoms with Crippen molar-refractivity contribution in [1.82, 2.24) is 9.88 Å². The summed E-state index contributed by atoms with van der Waals surface area (Å²) in [6, 6.07) is 16.6. The molecule has 2 aliphatic rings. The van der Waals surface area contributed by atoms with E-state index >= 15 is 0 Å². The molecule has 0 unspecified atom stereocenters. The summed E-state index contributed by atoms with van der Waals surface area (Å²) in [5, 5.41) is 1.28. The number of carbonyl (C=O) groups is 1. The number of Topliss-reactive ketones (excluding diaryl/α,β-unsaturated/α-hetero) is 1. The van der Waals surface area contributed by atoms with Crippen LogP contribution in [0.3, 0.4) is 0 Å². The molecule has 0 bridgehead atoms. The number of carbonyl (C=O) groups excluding carboxylic acids is 1. The number of aryl methyl sites for hydroxylation is 1. The van der Waals surface area contributed by atoms with Crippen LogP contribution in [0.25, 0.3) is 27.9 Å². The highest BCUT2D eigenvalue weighted by atomic mass is 16.1. The van der Waals surface area contributed by atoms with E-state index in [4.69, 9.17) is 4.98 Å². The van der Waals surface area contributed by atoms with E-state index in [-0.39, 0.29) is 5.78 Å². The number of hydrogen-bond donors (Lipinski definition) is 0. The van der Waals surface area contributed by atoms with Crippen LogP contribution in [0.5, 0.6) is 0 Å². The molecule has 1 aliphatic carbocycles. The van der Waals surface area contributed by atoms with Crippen LogP contribution in [-0.4, -0.2) is 28.8 Å². The second kappa shape index (κ2) is 8.06. The lowest BCUT2D eigenvalue weighted by Gasteiger charge is -2.28. The first kappa shape index (κ1) is 19.0. The molecule has 30 heavy (non-hydrogen) atoms. The number of para-hydroxylation sites is 1. The molecule has 3 nitrogen and oxygen atoms in total. The van der Waals surface area contributed by atoms with Crippen molar-refractivity contribution in [3.8, 4) is 11.3 Å². The summed E-state index contributed by atoms with van der Waals surface area (Å²) in [5.41, 5.74) is 8.06. The second-order valence-corrected chi connectivity index (χ2v) is 8.49.